The third kappa shape index (κ3) is 3.99. The zero-order valence-electron chi connectivity index (χ0n) is 12.3. The molecule has 0 atom stereocenters. The Hall–Kier alpha value is -2.01. The molecule has 1 aromatic carbocycles. The molecule has 104 valence electrons. The summed E-state index contributed by atoms with van der Waals surface area (Å²) in [6, 6.07) is 5.97. The molecule has 0 N–H and O–H groups in total. The summed E-state index contributed by atoms with van der Waals surface area (Å²) in [6.45, 7) is 8.53. The van der Waals surface area contributed by atoms with Crippen LogP contribution in [0.1, 0.15) is 11.3 Å². The van der Waals surface area contributed by atoms with E-state index < -0.39 is 8.32 Å². The molecule has 0 saturated heterocycles. The highest BCUT2D eigenvalue weighted by molar-refractivity contribution is 6.70. The number of aryl methyl sites for hydroxylation is 1. The molecule has 0 aliphatic rings. The molecule has 0 aliphatic heterocycles. The number of nitrogens with zero attached hydrogens (tertiary/aromatic N) is 3. The first-order chi connectivity index (χ1) is 9.46. The third-order valence-corrected chi connectivity index (χ3v) is 3.33. The molecule has 4 nitrogen and oxygen atoms in total. The average Bonchev–Trinajstić information content (AvgIpc) is 2.39. The van der Waals surface area contributed by atoms with Crippen molar-refractivity contribution in [2.75, 3.05) is 0 Å². The van der Waals surface area contributed by atoms with Crippen molar-refractivity contribution in [1.29, 1.82) is 0 Å². The number of aromatic nitrogens is 2. The Morgan fingerprint density at radius 3 is 2.65 bits per heavy atom. The number of hydrogen-bond donors (Lipinski definition) is 0. The zero-order valence-corrected chi connectivity index (χ0v) is 13.3. The molecular weight excluding hydrogens is 266 g/mol. The Morgan fingerprint density at radius 1 is 1.20 bits per heavy atom. The lowest BCUT2D eigenvalue weighted by molar-refractivity contribution is 0.554. The van der Waals surface area contributed by atoms with Gasteiger partial charge in [-0.1, -0.05) is 12.1 Å². The van der Waals surface area contributed by atoms with E-state index in [1.165, 1.54) is 0 Å². The van der Waals surface area contributed by atoms with E-state index in [4.69, 9.17) is 4.43 Å². The molecule has 2 rings (SSSR count). The molecule has 20 heavy (non-hydrogen) atoms. The van der Waals surface area contributed by atoms with E-state index in [2.05, 4.69) is 34.6 Å². The summed E-state index contributed by atoms with van der Waals surface area (Å²) in [5, 5.41) is 0. The summed E-state index contributed by atoms with van der Waals surface area (Å²) >= 11 is 0. The summed E-state index contributed by atoms with van der Waals surface area (Å²) in [5.41, 5.74) is 2.66. The van der Waals surface area contributed by atoms with E-state index in [-0.39, 0.29) is 0 Å². The van der Waals surface area contributed by atoms with Gasteiger partial charge in [-0.05, 0) is 38.2 Å². The second-order valence-corrected chi connectivity index (χ2v) is 9.95. The van der Waals surface area contributed by atoms with Crippen molar-refractivity contribution in [1.82, 2.24) is 9.97 Å². The molecule has 0 unspecified atom stereocenters. The lowest BCUT2D eigenvalue weighted by Crippen LogP contribution is -2.29. The van der Waals surface area contributed by atoms with E-state index in [1.54, 1.807) is 24.8 Å². The van der Waals surface area contributed by atoms with Crippen LogP contribution in [0, 0.1) is 6.92 Å². The van der Waals surface area contributed by atoms with Gasteiger partial charge in [-0.3, -0.25) is 15.0 Å². The van der Waals surface area contributed by atoms with Crippen LogP contribution in [0.5, 0.6) is 5.75 Å². The maximum absolute atomic E-state index is 6.14. The number of benzene rings is 1. The molecule has 0 radical (unpaired) electrons. The van der Waals surface area contributed by atoms with E-state index in [0.29, 0.717) is 0 Å². The van der Waals surface area contributed by atoms with Crippen molar-refractivity contribution in [3.8, 4) is 5.75 Å². The second-order valence-electron chi connectivity index (χ2n) is 5.53. The Kier molecular flexibility index (Phi) is 4.29. The minimum Gasteiger partial charge on any atom is -0.543 e. The van der Waals surface area contributed by atoms with E-state index in [0.717, 1.165) is 22.7 Å². The second kappa shape index (κ2) is 5.96. The Labute approximate surface area is 120 Å². The van der Waals surface area contributed by atoms with Crippen LogP contribution in [0.15, 0.2) is 41.8 Å². The summed E-state index contributed by atoms with van der Waals surface area (Å²) in [6.07, 6.45) is 6.68. The van der Waals surface area contributed by atoms with Crippen LogP contribution in [-0.4, -0.2) is 24.5 Å². The molecule has 0 bridgehead atoms. The number of aliphatic imine (C=N–C) groups is 1. The smallest absolute Gasteiger partial charge is 0.242 e. The summed E-state index contributed by atoms with van der Waals surface area (Å²) < 4.78 is 6.14. The minimum absolute atomic E-state index is 0.730. The van der Waals surface area contributed by atoms with Gasteiger partial charge in [0.1, 0.15) is 11.4 Å². The quantitative estimate of drug-likeness (QED) is 0.635. The Morgan fingerprint density at radius 2 is 2.00 bits per heavy atom. The lowest BCUT2D eigenvalue weighted by Gasteiger charge is -2.22. The van der Waals surface area contributed by atoms with Gasteiger partial charge in [-0.25, -0.2) is 0 Å². The minimum atomic E-state index is -1.67. The number of para-hydroxylation sites is 1. The first-order valence-electron chi connectivity index (χ1n) is 6.54. The normalized spacial score (nSPS) is 11.8. The highest BCUT2D eigenvalue weighted by Crippen LogP contribution is 2.32. The molecule has 0 fully saturated rings. The van der Waals surface area contributed by atoms with Crippen molar-refractivity contribution in [3.05, 3.63) is 48.0 Å². The van der Waals surface area contributed by atoms with Crippen LogP contribution in [0.4, 0.5) is 5.69 Å². The fraction of sp³-hybridized carbons (Fsp3) is 0.267. The van der Waals surface area contributed by atoms with Gasteiger partial charge in [0.05, 0.1) is 18.1 Å². The van der Waals surface area contributed by atoms with Gasteiger partial charge in [0.2, 0.25) is 8.32 Å². The molecule has 1 aromatic heterocycles. The van der Waals surface area contributed by atoms with Crippen LogP contribution in [-0.2, 0) is 0 Å². The molecule has 1 heterocycles. The molecule has 2 aromatic rings. The maximum Gasteiger partial charge on any atom is 0.242 e. The van der Waals surface area contributed by atoms with Gasteiger partial charge in [-0.15, -0.1) is 0 Å². The highest BCUT2D eigenvalue weighted by atomic mass is 28.4. The predicted octanol–water partition coefficient (Wildman–Crippen LogP) is 3.75. The van der Waals surface area contributed by atoms with Crippen molar-refractivity contribution >= 4 is 20.2 Å². The molecule has 5 heteroatoms. The van der Waals surface area contributed by atoms with E-state index in [1.807, 2.05) is 25.1 Å². The van der Waals surface area contributed by atoms with Gasteiger partial charge < -0.3 is 4.43 Å². The maximum atomic E-state index is 6.14. The van der Waals surface area contributed by atoms with Crippen molar-refractivity contribution < 1.29 is 4.43 Å². The third-order valence-electron chi connectivity index (χ3n) is 2.52. The van der Waals surface area contributed by atoms with Gasteiger partial charge in [-0.2, -0.15) is 0 Å². The van der Waals surface area contributed by atoms with Crippen LogP contribution in [0.25, 0.3) is 0 Å². The standard InChI is InChI=1S/C15H19N3OSi/c1-12-6-5-7-14(15(12)19-20(2,3)4)18-11-13-10-16-8-9-17-13/h5-11H,1-4H3/b18-11+. The Bertz CT molecular complexity index is 606. The SMILES string of the molecule is Cc1cccc(/N=C/c2cnccn2)c1O[Si](C)(C)C. The summed E-state index contributed by atoms with van der Waals surface area (Å²) in [4.78, 5) is 12.7. The molecular formula is C15H19N3OSi. The number of hydrogen-bond acceptors (Lipinski definition) is 4. The van der Waals surface area contributed by atoms with Gasteiger partial charge >= 0.3 is 0 Å². The van der Waals surface area contributed by atoms with Crippen molar-refractivity contribution in [2.24, 2.45) is 4.99 Å². The van der Waals surface area contributed by atoms with Crippen LogP contribution < -0.4 is 4.43 Å². The van der Waals surface area contributed by atoms with Crippen LogP contribution in [0.2, 0.25) is 19.6 Å². The monoisotopic (exact) mass is 285 g/mol. The van der Waals surface area contributed by atoms with Gasteiger partial charge in [0.25, 0.3) is 0 Å². The van der Waals surface area contributed by atoms with Crippen molar-refractivity contribution in [2.45, 2.75) is 26.6 Å². The highest BCUT2D eigenvalue weighted by Gasteiger charge is 2.19. The van der Waals surface area contributed by atoms with Crippen LogP contribution in [0.3, 0.4) is 0 Å². The topological polar surface area (TPSA) is 47.4 Å². The fourth-order valence-corrected chi connectivity index (χ4v) is 2.57. The van der Waals surface area contributed by atoms with Crippen LogP contribution >= 0.6 is 0 Å². The molecule has 0 saturated carbocycles. The predicted molar refractivity (Wildman–Crippen MR) is 84.4 cm³/mol. The van der Waals surface area contributed by atoms with Crippen molar-refractivity contribution in [3.63, 3.8) is 0 Å². The van der Waals surface area contributed by atoms with Gasteiger partial charge in [0, 0.05) is 12.4 Å². The van der Waals surface area contributed by atoms with E-state index >= 15 is 0 Å². The largest absolute Gasteiger partial charge is 0.543 e. The summed E-state index contributed by atoms with van der Waals surface area (Å²) in [7, 11) is -1.67. The lowest BCUT2D eigenvalue weighted by atomic mass is 10.2. The molecule has 0 amide bonds. The van der Waals surface area contributed by atoms with E-state index in [9.17, 15) is 0 Å². The molecule has 0 aliphatic carbocycles. The summed E-state index contributed by atoms with van der Waals surface area (Å²) in [5.74, 6) is 0.867. The van der Waals surface area contributed by atoms with Gasteiger partial charge in [0.15, 0.2) is 0 Å². The first-order valence-corrected chi connectivity index (χ1v) is 9.95. The fourth-order valence-electron chi connectivity index (χ4n) is 1.69. The first kappa shape index (κ1) is 14.4. The molecule has 0 spiro atoms. The zero-order chi connectivity index (χ0) is 14.6. The Balaban J connectivity index is 2.32. The average molecular weight is 285 g/mol. The number of rotatable bonds is 4.